The minimum atomic E-state index is -3.68. The van der Waals surface area contributed by atoms with Gasteiger partial charge in [0.15, 0.2) is 0 Å². The standard InChI is InChI=1S/C24H31N7O3S2/c32-24(29-10-2-3-18(15-29)13-22-26-25-16-30(22)14-17-6-7-17)19-8-11-31(12-9-19)36(33,34)21-5-1-4-20-23(21)28-35-27-20/h1,4-5,16-19H,2-3,6-15H2. The molecule has 1 saturated carbocycles. The average molecular weight is 530 g/mol. The summed E-state index contributed by atoms with van der Waals surface area (Å²) in [5.74, 6) is 2.22. The highest BCUT2D eigenvalue weighted by molar-refractivity contribution is 7.89. The Hall–Kier alpha value is -2.44. The van der Waals surface area contributed by atoms with Crippen LogP contribution in [0.4, 0.5) is 0 Å². The monoisotopic (exact) mass is 529 g/mol. The highest BCUT2D eigenvalue weighted by Gasteiger charge is 2.36. The van der Waals surface area contributed by atoms with E-state index in [9.17, 15) is 13.2 Å². The first kappa shape index (κ1) is 23.9. The molecule has 2 saturated heterocycles. The van der Waals surface area contributed by atoms with Crippen LogP contribution >= 0.6 is 11.7 Å². The van der Waals surface area contributed by atoms with E-state index in [1.807, 2.05) is 11.2 Å². The summed E-state index contributed by atoms with van der Waals surface area (Å²) < 4.78 is 38.7. The summed E-state index contributed by atoms with van der Waals surface area (Å²) in [6, 6.07) is 5.06. The molecule has 1 atom stereocenters. The highest BCUT2D eigenvalue weighted by atomic mass is 32.2. The molecule has 3 aromatic rings. The van der Waals surface area contributed by atoms with E-state index in [1.54, 1.807) is 18.2 Å². The number of fused-ring (bicyclic) bond motifs is 1. The second-order valence-corrected chi connectivity index (χ2v) is 12.8. The van der Waals surface area contributed by atoms with Crippen molar-refractivity contribution in [2.45, 2.75) is 56.4 Å². The SMILES string of the molecule is O=C(C1CCN(S(=O)(=O)c2cccc3nsnc23)CC1)N1CCCC(Cc2nncn2CC2CC2)C1. The molecule has 0 N–H and O–H groups in total. The molecule has 4 heterocycles. The second kappa shape index (κ2) is 9.79. The van der Waals surface area contributed by atoms with Crippen molar-refractivity contribution < 1.29 is 13.2 Å². The summed E-state index contributed by atoms with van der Waals surface area (Å²) >= 11 is 1.01. The molecule has 36 heavy (non-hydrogen) atoms. The Labute approximate surface area is 215 Å². The molecule has 1 aromatic carbocycles. The number of piperidine rings is 2. The van der Waals surface area contributed by atoms with Gasteiger partial charge in [0.25, 0.3) is 0 Å². The van der Waals surface area contributed by atoms with Crippen molar-refractivity contribution in [3.8, 4) is 0 Å². The number of carbonyl (C=O) groups excluding carboxylic acids is 1. The van der Waals surface area contributed by atoms with Crippen LogP contribution in [0.3, 0.4) is 0 Å². The summed E-state index contributed by atoms with van der Waals surface area (Å²) in [6.45, 7) is 3.21. The van der Waals surface area contributed by atoms with Gasteiger partial charge in [-0.3, -0.25) is 4.79 Å². The predicted octanol–water partition coefficient (Wildman–Crippen LogP) is 2.57. The zero-order valence-corrected chi connectivity index (χ0v) is 21.8. The van der Waals surface area contributed by atoms with Crippen molar-refractivity contribution in [3.05, 3.63) is 30.4 Å². The van der Waals surface area contributed by atoms with Gasteiger partial charge in [-0.25, -0.2) is 8.42 Å². The molecular weight excluding hydrogens is 498 g/mol. The van der Waals surface area contributed by atoms with Gasteiger partial charge in [-0.05, 0) is 62.5 Å². The minimum absolute atomic E-state index is 0.134. The molecule has 2 aromatic heterocycles. The quantitative estimate of drug-likeness (QED) is 0.462. The number of sulfonamides is 1. The van der Waals surface area contributed by atoms with Crippen LogP contribution in [0.1, 0.15) is 44.3 Å². The lowest BCUT2D eigenvalue weighted by Crippen LogP contribution is -2.47. The van der Waals surface area contributed by atoms with E-state index in [1.165, 1.54) is 17.1 Å². The highest BCUT2D eigenvalue weighted by Crippen LogP contribution is 2.32. The maximum absolute atomic E-state index is 13.4. The third-order valence-electron chi connectivity index (χ3n) is 7.82. The van der Waals surface area contributed by atoms with E-state index < -0.39 is 10.0 Å². The molecule has 0 radical (unpaired) electrons. The Kier molecular flexibility index (Phi) is 6.51. The Morgan fingerprint density at radius 3 is 2.67 bits per heavy atom. The normalized spacial score (nSPS) is 22.3. The van der Waals surface area contributed by atoms with Crippen molar-refractivity contribution in [3.63, 3.8) is 0 Å². The number of aromatic nitrogens is 5. The van der Waals surface area contributed by atoms with E-state index in [0.717, 1.165) is 62.4 Å². The summed E-state index contributed by atoms with van der Waals surface area (Å²) in [6.07, 6.45) is 8.44. The van der Waals surface area contributed by atoms with Crippen LogP contribution < -0.4 is 0 Å². The first-order valence-electron chi connectivity index (χ1n) is 12.9. The summed E-state index contributed by atoms with van der Waals surface area (Å²) in [5, 5.41) is 8.49. The summed E-state index contributed by atoms with van der Waals surface area (Å²) in [4.78, 5) is 15.6. The van der Waals surface area contributed by atoms with Gasteiger partial charge < -0.3 is 9.47 Å². The fraction of sp³-hybridized carbons (Fsp3) is 0.625. The largest absolute Gasteiger partial charge is 0.342 e. The molecule has 1 unspecified atom stereocenters. The molecule has 10 nitrogen and oxygen atoms in total. The fourth-order valence-corrected chi connectivity index (χ4v) is 7.81. The zero-order valence-electron chi connectivity index (χ0n) is 20.2. The van der Waals surface area contributed by atoms with Crippen molar-refractivity contribution >= 4 is 38.7 Å². The van der Waals surface area contributed by atoms with Crippen molar-refractivity contribution in [1.29, 1.82) is 0 Å². The first-order valence-corrected chi connectivity index (χ1v) is 15.0. The van der Waals surface area contributed by atoms with Gasteiger partial charge in [-0.15, -0.1) is 10.2 Å². The second-order valence-electron chi connectivity index (χ2n) is 10.4. The zero-order chi connectivity index (χ0) is 24.7. The molecule has 0 bridgehead atoms. The van der Waals surface area contributed by atoms with Crippen LogP contribution in [0.2, 0.25) is 0 Å². The smallest absolute Gasteiger partial charge is 0.245 e. The van der Waals surface area contributed by atoms with Gasteiger partial charge in [0.05, 0.1) is 11.7 Å². The molecule has 1 amide bonds. The van der Waals surface area contributed by atoms with Crippen molar-refractivity contribution in [2.75, 3.05) is 26.2 Å². The first-order chi connectivity index (χ1) is 17.5. The van der Waals surface area contributed by atoms with Gasteiger partial charge >= 0.3 is 0 Å². The summed E-state index contributed by atoms with van der Waals surface area (Å²) in [7, 11) is -3.68. The molecule has 3 fully saturated rings. The number of benzene rings is 1. The molecule has 1 aliphatic carbocycles. The van der Waals surface area contributed by atoms with Gasteiger partial charge in [0, 0.05) is 45.1 Å². The topological polar surface area (TPSA) is 114 Å². The van der Waals surface area contributed by atoms with Crippen molar-refractivity contribution in [2.24, 2.45) is 17.8 Å². The maximum atomic E-state index is 13.4. The van der Waals surface area contributed by atoms with Crippen LogP contribution in [0.25, 0.3) is 11.0 Å². The van der Waals surface area contributed by atoms with Crippen LogP contribution in [0, 0.1) is 17.8 Å². The molecule has 2 aliphatic heterocycles. The Bertz CT molecular complexity index is 1340. The predicted molar refractivity (Wildman–Crippen MR) is 135 cm³/mol. The van der Waals surface area contributed by atoms with Crippen LogP contribution in [-0.4, -0.2) is 73.2 Å². The molecule has 12 heteroatoms. The Balaban J connectivity index is 1.06. The summed E-state index contributed by atoms with van der Waals surface area (Å²) in [5.41, 5.74) is 1.02. The van der Waals surface area contributed by atoms with Crippen LogP contribution in [0.15, 0.2) is 29.4 Å². The fourth-order valence-electron chi connectivity index (χ4n) is 5.59. The molecule has 6 rings (SSSR count). The van der Waals surface area contributed by atoms with Gasteiger partial charge in [0.2, 0.25) is 15.9 Å². The lowest BCUT2D eigenvalue weighted by Gasteiger charge is -2.37. The average Bonchev–Trinajstić information content (AvgIpc) is 3.40. The Morgan fingerprint density at radius 2 is 1.86 bits per heavy atom. The number of carbonyl (C=O) groups is 1. The van der Waals surface area contributed by atoms with E-state index in [2.05, 4.69) is 23.5 Å². The van der Waals surface area contributed by atoms with E-state index in [0.29, 0.717) is 42.9 Å². The number of amides is 1. The maximum Gasteiger partial charge on any atom is 0.245 e. The lowest BCUT2D eigenvalue weighted by molar-refractivity contribution is -0.138. The van der Waals surface area contributed by atoms with E-state index in [4.69, 9.17) is 0 Å². The van der Waals surface area contributed by atoms with E-state index in [-0.39, 0.29) is 16.7 Å². The number of hydrogen-bond donors (Lipinski definition) is 0. The van der Waals surface area contributed by atoms with Crippen LogP contribution in [0.5, 0.6) is 0 Å². The van der Waals surface area contributed by atoms with Crippen molar-refractivity contribution in [1.82, 2.24) is 32.7 Å². The van der Waals surface area contributed by atoms with Crippen LogP contribution in [-0.2, 0) is 27.8 Å². The molecule has 3 aliphatic rings. The number of rotatable bonds is 7. The lowest BCUT2D eigenvalue weighted by atomic mass is 9.91. The third kappa shape index (κ3) is 4.78. The van der Waals surface area contributed by atoms with Gasteiger partial charge in [0.1, 0.15) is 28.1 Å². The molecule has 0 spiro atoms. The van der Waals surface area contributed by atoms with E-state index >= 15 is 0 Å². The Morgan fingerprint density at radius 1 is 1.03 bits per heavy atom. The molecule has 192 valence electrons. The number of nitrogens with zero attached hydrogens (tertiary/aromatic N) is 7. The number of hydrogen-bond acceptors (Lipinski definition) is 8. The minimum Gasteiger partial charge on any atom is -0.342 e. The number of likely N-dealkylation sites (tertiary alicyclic amines) is 1. The third-order valence-corrected chi connectivity index (χ3v) is 10.3. The van der Waals surface area contributed by atoms with Gasteiger partial charge in [-0.2, -0.15) is 13.1 Å². The molecular formula is C24H31N7O3S2. The van der Waals surface area contributed by atoms with Gasteiger partial charge in [-0.1, -0.05) is 6.07 Å².